The molecule has 2 atom stereocenters. The van der Waals surface area contributed by atoms with E-state index in [1.165, 1.54) is 6.07 Å². The number of rotatable bonds is 3. The fourth-order valence-electron chi connectivity index (χ4n) is 4.58. The first-order chi connectivity index (χ1) is 14.5. The lowest BCUT2D eigenvalue weighted by atomic mass is 10.0. The second-order valence-electron chi connectivity index (χ2n) is 8.14. The second-order valence-corrected chi connectivity index (χ2v) is 8.14. The summed E-state index contributed by atoms with van der Waals surface area (Å²) < 4.78 is 1.83. The molecule has 154 valence electrons. The Morgan fingerprint density at radius 1 is 1.03 bits per heavy atom. The van der Waals surface area contributed by atoms with Crippen molar-refractivity contribution in [1.82, 2.24) is 29.6 Å². The summed E-state index contributed by atoms with van der Waals surface area (Å²) in [4.78, 5) is 39.8. The Balaban J connectivity index is 1.29. The second kappa shape index (κ2) is 7.08. The number of carbonyl (C=O) groups is 1. The first-order valence-electron chi connectivity index (χ1n) is 10.1. The first kappa shape index (κ1) is 18.5. The molecule has 0 saturated carbocycles. The number of carbonyl (C=O) groups excluding carboxylic acids is 1. The number of nitrogens with one attached hydrogen (secondary N) is 1. The highest BCUT2D eigenvalue weighted by Gasteiger charge is 2.42. The van der Waals surface area contributed by atoms with E-state index >= 15 is 0 Å². The molecule has 0 bridgehead atoms. The summed E-state index contributed by atoms with van der Waals surface area (Å²) >= 11 is 0. The predicted octanol–water partition coefficient (Wildman–Crippen LogP) is 1.18. The van der Waals surface area contributed by atoms with Gasteiger partial charge in [-0.05, 0) is 26.0 Å². The highest BCUT2D eigenvalue weighted by atomic mass is 16.2. The van der Waals surface area contributed by atoms with Gasteiger partial charge in [0.05, 0.1) is 5.69 Å². The standard InChI is InChI=1S/C21H23N7O2/c1-13-6-14(2)28(25-13)19-7-18(22-12-23-19)26-8-15-10-27(11-16(15)9-26)21(30)17-4-3-5-20(29)24-17/h3-7,12,15-16H,8-11H2,1-2H3,(H,24,29). The Hall–Kier alpha value is -3.49. The monoisotopic (exact) mass is 405 g/mol. The van der Waals surface area contributed by atoms with E-state index in [1.54, 1.807) is 18.5 Å². The molecule has 2 aliphatic heterocycles. The Kier molecular flexibility index (Phi) is 4.38. The molecule has 0 radical (unpaired) electrons. The minimum Gasteiger partial charge on any atom is -0.356 e. The largest absolute Gasteiger partial charge is 0.356 e. The molecule has 0 aromatic carbocycles. The van der Waals surface area contributed by atoms with Crippen molar-refractivity contribution in [2.75, 3.05) is 31.1 Å². The molecule has 3 aromatic heterocycles. The van der Waals surface area contributed by atoms with Crippen LogP contribution in [-0.4, -0.2) is 61.7 Å². The molecule has 9 heteroatoms. The molecule has 5 heterocycles. The smallest absolute Gasteiger partial charge is 0.270 e. The van der Waals surface area contributed by atoms with E-state index in [0.29, 0.717) is 30.6 Å². The Labute approximate surface area is 173 Å². The van der Waals surface area contributed by atoms with Crippen molar-refractivity contribution in [2.24, 2.45) is 11.8 Å². The van der Waals surface area contributed by atoms with Crippen molar-refractivity contribution in [2.45, 2.75) is 13.8 Å². The van der Waals surface area contributed by atoms with Crippen LogP contribution in [0.5, 0.6) is 0 Å². The molecule has 5 rings (SSSR count). The third-order valence-electron chi connectivity index (χ3n) is 5.96. The zero-order valence-corrected chi connectivity index (χ0v) is 16.9. The normalized spacial score (nSPS) is 20.6. The van der Waals surface area contributed by atoms with Gasteiger partial charge in [0.2, 0.25) is 5.56 Å². The number of H-pyrrole nitrogens is 1. The van der Waals surface area contributed by atoms with Gasteiger partial charge < -0.3 is 14.8 Å². The van der Waals surface area contributed by atoms with E-state index in [9.17, 15) is 9.59 Å². The Morgan fingerprint density at radius 3 is 2.43 bits per heavy atom. The number of aromatic nitrogens is 5. The van der Waals surface area contributed by atoms with Crippen molar-refractivity contribution in [1.29, 1.82) is 0 Å². The number of aromatic amines is 1. The number of hydrogen-bond donors (Lipinski definition) is 1. The Morgan fingerprint density at radius 2 is 1.77 bits per heavy atom. The summed E-state index contributed by atoms with van der Waals surface area (Å²) in [7, 11) is 0. The van der Waals surface area contributed by atoms with Gasteiger partial charge in [-0.25, -0.2) is 14.6 Å². The van der Waals surface area contributed by atoms with Crippen molar-refractivity contribution in [3.05, 3.63) is 64.1 Å². The molecule has 1 amide bonds. The predicted molar refractivity (Wildman–Crippen MR) is 111 cm³/mol. The zero-order chi connectivity index (χ0) is 20.8. The van der Waals surface area contributed by atoms with Crippen LogP contribution in [0.2, 0.25) is 0 Å². The number of aryl methyl sites for hydroxylation is 2. The lowest BCUT2D eigenvalue weighted by molar-refractivity contribution is 0.0776. The molecule has 3 aromatic rings. The number of nitrogens with zero attached hydrogens (tertiary/aromatic N) is 6. The van der Waals surface area contributed by atoms with E-state index in [-0.39, 0.29) is 11.5 Å². The molecule has 0 spiro atoms. The van der Waals surface area contributed by atoms with Crippen molar-refractivity contribution in [3.8, 4) is 5.82 Å². The summed E-state index contributed by atoms with van der Waals surface area (Å²) in [5.41, 5.74) is 2.08. The third kappa shape index (κ3) is 3.26. The quantitative estimate of drug-likeness (QED) is 0.702. The van der Waals surface area contributed by atoms with Crippen LogP contribution in [-0.2, 0) is 0 Å². The van der Waals surface area contributed by atoms with E-state index in [2.05, 4.69) is 25.0 Å². The molecule has 0 aliphatic carbocycles. The number of pyridine rings is 1. The van der Waals surface area contributed by atoms with Gasteiger partial charge in [-0.1, -0.05) is 6.07 Å². The van der Waals surface area contributed by atoms with Gasteiger partial charge in [-0.3, -0.25) is 9.59 Å². The van der Waals surface area contributed by atoms with Crippen LogP contribution >= 0.6 is 0 Å². The van der Waals surface area contributed by atoms with Crippen LogP contribution in [0.1, 0.15) is 21.9 Å². The van der Waals surface area contributed by atoms with Gasteiger partial charge in [-0.2, -0.15) is 5.10 Å². The number of fused-ring (bicyclic) bond motifs is 1. The van der Waals surface area contributed by atoms with E-state index in [4.69, 9.17) is 0 Å². The number of amides is 1. The fraction of sp³-hybridized carbons (Fsp3) is 0.381. The zero-order valence-electron chi connectivity index (χ0n) is 16.9. The molecule has 2 fully saturated rings. The fourth-order valence-corrected chi connectivity index (χ4v) is 4.58. The van der Waals surface area contributed by atoms with Gasteiger partial charge >= 0.3 is 0 Å². The van der Waals surface area contributed by atoms with Gasteiger partial charge in [0.1, 0.15) is 17.8 Å². The molecule has 2 unspecified atom stereocenters. The van der Waals surface area contributed by atoms with Gasteiger partial charge in [-0.15, -0.1) is 0 Å². The van der Waals surface area contributed by atoms with Gasteiger partial charge in [0.25, 0.3) is 5.91 Å². The maximum Gasteiger partial charge on any atom is 0.270 e. The van der Waals surface area contributed by atoms with Crippen molar-refractivity contribution < 1.29 is 4.79 Å². The van der Waals surface area contributed by atoms with Gasteiger partial charge in [0.15, 0.2) is 5.82 Å². The molecular formula is C21H23N7O2. The third-order valence-corrected chi connectivity index (χ3v) is 5.96. The summed E-state index contributed by atoms with van der Waals surface area (Å²) in [5.74, 6) is 2.30. The van der Waals surface area contributed by atoms with Crippen LogP contribution in [0.15, 0.2) is 41.5 Å². The van der Waals surface area contributed by atoms with Crippen LogP contribution in [0.3, 0.4) is 0 Å². The minimum atomic E-state index is -0.256. The summed E-state index contributed by atoms with van der Waals surface area (Å²) in [6.07, 6.45) is 1.58. The van der Waals surface area contributed by atoms with Crippen LogP contribution < -0.4 is 10.5 Å². The molecule has 2 aliphatic rings. The lowest BCUT2D eigenvalue weighted by Crippen LogP contribution is -2.34. The summed E-state index contributed by atoms with van der Waals surface area (Å²) in [6.45, 7) is 7.03. The first-order valence-corrected chi connectivity index (χ1v) is 10.1. The topological polar surface area (TPSA) is 100 Å². The average Bonchev–Trinajstić information content (AvgIpc) is 3.40. The highest BCUT2D eigenvalue weighted by molar-refractivity contribution is 5.92. The van der Waals surface area contributed by atoms with Crippen LogP contribution in [0.4, 0.5) is 5.82 Å². The molecule has 9 nitrogen and oxygen atoms in total. The molecule has 2 saturated heterocycles. The molecule has 30 heavy (non-hydrogen) atoms. The van der Waals surface area contributed by atoms with Crippen molar-refractivity contribution >= 4 is 11.7 Å². The van der Waals surface area contributed by atoms with Crippen LogP contribution in [0, 0.1) is 25.7 Å². The number of hydrogen-bond acceptors (Lipinski definition) is 6. The molecular weight excluding hydrogens is 382 g/mol. The van der Waals surface area contributed by atoms with E-state index in [0.717, 1.165) is 36.1 Å². The SMILES string of the molecule is Cc1cc(C)n(-c2cc(N3CC4CN(C(=O)c5cccc(=O)[nH]5)CC4C3)ncn2)n1. The Bertz CT molecular complexity index is 1150. The average molecular weight is 405 g/mol. The van der Waals surface area contributed by atoms with E-state index < -0.39 is 0 Å². The van der Waals surface area contributed by atoms with E-state index in [1.807, 2.05) is 35.6 Å². The highest BCUT2D eigenvalue weighted by Crippen LogP contribution is 2.34. The van der Waals surface area contributed by atoms with Crippen LogP contribution in [0.25, 0.3) is 5.82 Å². The minimum absolute atomic E-state index is 0.109. The van der Waals surface area contributed by atoms with Crippen molar-refractivity contribution in [3.63, 3.8) is 0 Å². The summed E-state index contributed by atoms with van der Waals surface area (Å²) in [6, 6.07) is 8.67. The maximum absolute atomic E-state index is 12.7. The maximum atomic E-state index is 12.7. The summed E-state index contributed by atoms with van der Waals surface area (Å²) in [5, 5.41) is 4.51. The molecule has 1 N–H and O–H groups in total. The van der Waals surface area contributed by atoms with Gasteiger partial charge in [0, 0.05) is 55.8 Å². The number of likely N-dealkylation sites (tertiary alicyclic amines) is 1. The number of anilines is 1. The lowest BCUT2D eigenvalue weighted by Gasteiger charge is -2.22.